The molecule has 6 atom stereocenters. The normalized spacial score (nSPS) is 29.9. The highest BCUT2D eigenvalue weighted by molar-refractivity contribution is 6.30. The largest absolute Gasteiger partial charge is 0.394 e. The minimum absolute atomic E-state index is 0.174. The summed E-state index contributed by atoms with van der Waals surface area (Å²) >= 11 is 6.02. The zero-order valence-corrected chi connectivity index (χ0v) is 23.3. The molecule has 0 saturated carbocycles. The maximum absolute atomic E-state index is 14.3. The summed E-state index contributed by atoms with van der Waals surface area (Å²) in [5.74, 6) is -2.37. The molecule has 3 aliphatic rings. The molecule has 3 fully saturated rings. The summed E-state index contributed by atoms with van der Waals surface area (Å²) in [5.41, 5.74) is -0.552. The van der Waals surface area contributed by atoms with Crippen molar-refractivity contribution in [3.05, 3.63) is 65.2 Å². The number of anilines is 1. The van der Waals surface area contributed by atoms with Crippen molar-refractivity contribution in [2.45, 2.75) is 69.9 Å². The molecule has 208 valence electrons. The lowest BCUT2D eigenvalue weighted by molar-refractivity contribution is -0.148. The first-order chi connectivity index (χ1) is 18.6. The van der Waals surface area contributed by atoms with Gasteiger partial charge >= 0.3 is 0 Å². The van der Waals surface area contributed by atoms with Gasteiger partial charge in [0.25, 0.3) is 0 Å². The van der Waals surface area contributed by atoms with E-state index in [0.29, 0.717) is 36.5 Å². The van der Waals surface area contributed by atoms with Crippen LogP contribution in [0.5, 0.6) is 0 Å². The van der Waals surface area contributed by atoms with Gasteiger partial charge in [-0.1, -0.05) is 55.8 Å². The summed E-state index contributed by atoms with van der Waals surface area (Å²) < 4.78 is 6.66. The van der Waals surface area contributed by atoms with Crippen LogP contribution < -0.4 is 10.6 Å². The number of benzene rings is 2. The summed E-state index contributed by atoms with van der Waals surface area (Å²) in [6.45, 7) is 5.93. The minimum atomic E-state index is -1.17. The molecule has 3 aliphatic heterocycles. The third-order valence-corrected chi connectivity index (χ3v) is 8.77. The molecule has 0 aromatic heterocycles. The van der Waals surface area contributed by atoms with Gasteiger partial charge in [-0.3, -0.25) is 14.4 Å². The van der Waals surface area contributed by atoms with Crippen LogP contribution in [-0.2, 0) is 25.7 Å². The van der Waals surface area contributed by atoms with Gasteiger partial charge in [-0.15, -0.1) is 0 Å². The maximum atomic E-state index is 14.3. The van der Waals surface area contributed by atoms with Crippen molar-refractivity contribution in [3.8, 4) is 0 Å². The second-order valence-corrected chi connectivity index (χ2v) is 12.1. The fourth-order valence-corrected chi connectivity index (χ4v) is 7.04. The number of hydrogen-bond acceptors (Lipinski definition) is 5. The number of ether oxygens (including phenoxy) is 1. The summed E-state index contributed by atoms with van der Waals surface area (Å²) in [4.78, 5) is 43.4. The Morgan fingerprint density at radius 2 is 1.79 bits per heavy atom. The summed E-state index contributed by atoms with van der Waals surface area (Å²) in [6, 6.07) is 14.8. The first kappa shape index (κ1) is 27.6. The van der Waals surface area contributed by atoms with E-state index in [-0.39, 0.29) is 24.3 Å². The quantitative estimate of drug-likeness (QED) is 0.438. The molecule has 39 heavy (non-hydrogen) atoms. The Labute approximate surface area is 234 Å². The van der Waals surface area contributed by atoms with E-state index in [9.17, 15) is 19.5 Å². The second kappa shape index (κ2) is 10.6. The highest BCUT2D eigenvalue weighted by Gasteiger charge is 2.78. The van der Waals surface area contributed by atoms with Crippen LogP contribution in [0.1, 0.15) is 45.6 Å². The van der Waals surface area contributed by atoms with E-state index in [1.165, 1.54) is 4.90 Å². The molecule has 5 rings (SSSR count). The molecule has 3 amide bonds. The van der Waals surface area contributed by atoms with Crippen LogP contribution in [0.3, 0.4) is 0 Å². The van der Waals surface area contributed by atoms with E-state index in [1.807, 2.05) is 51.1 Å². The fourth-order valence-electron chi connectivity index (χ4n) is 6.92. The maximum Gasteiger partial charge on any atom is 0.250 e. The third kappa shape index (κ3) is 4.83. The van der Waals surface area contributed by atoms with Crippen LogP contribution in [0.15, 0.2) is 54.6 Å². The average molecular weight is 554 g/mol. The first-order valence-corrected chi connectivity index (χ1v) is 14.0. The lowest BCUT2D eigenvalue weighted by Gasteiger charge is -2.37. The van der Waals surface area contributed by atoms with Crippen molar-refractivity contribution in [1.82, 2.24) is 10.2 Å². The number of halogens is 1. The molecule has 9 heteroatoms. The van der Waals surface area contributed by atoms with E-state index < -0.39 is 41.0 Å². The van der Waals surface area contributed by atoms with Gasteiger partial charge in [-0.25, -0.2) is 0 Å². The van der Waals surface area contributed by atoms with Crippen molar-refractivity contribution < 1.29 is 24.2 Å². The first-order valence-electron chi connectivity index (χ1n) is 13.6. The van der Waals surface area contributed by atoms with Crippen LogP contribution in [0.4, 0.5) is 5.69 Å². The molecule has 2 aromatic carbocycles. The number of likely N-dealkylation sites (tertiary alicyclic amines) is 1. The van der Waals surface area contributed by atoms with Gasteiger partial charge in [-0.2, -0.15) is 0 Å². The molecule has 2 unspecified atom stereocenters. The molecular formula is C30H36ClN3O5. The number of aliphatic hydroxyl groups excluding tert-OH is 1. The highest BCUT2D eigenvalue weighted by Crippen LogP contribution is 2.63. The number of nitrogens with one attached hydrogen (secondary N) is 2. The summed E-state index contributed by atoms with van der Waals surface area (Å²) in [6.07, 6.45) is 1.53. The Balaban J connectivity index is 1.50. The van der Waals surface area contributed by atoms with E-state index in [1.54, 1.807) is 24.3 Å². The van der Waals surface area contributed by atoms with Gasteiger partial charge in [0.15, 0.2) is 0 Å². The molecule has 8 nitrogen and oxygen atoms in total. The Bertz CT molecular complexity index is 1240. The number of fused-ring (bicyclic) bond motifs is 1. The minimum Gasteiger partial charge on any atom is -0.394 e. The molecule has 3 heterocycles. The van der Waals surface area contributed by atoms with Gasteiger partial charge in [0.05, 0.1) is 30.1 Å². The van der Waals surface area contributed by atoms with Gasteiger partial charge in [0.1, 0.15) is 11.6 Å². The van der Waals surface area contributed by atoms with E-state index in [2.05, 4.69) is 10.6 Å². The molecule has 1 spiro atoms. The van der Waals surface area contributed by atoms with Crippen LogP contribution in [-0.4, -0.2) is 57.6 Å². The van der Waals surface area contributed by atoms with Crippen molar-refractivity contribution in [2.24, 2.45) is 17.8 Å². The highest BCUT2D eigenvalue weighted by atomic mass is 35.5. The Hall–Kier alpha value is -2.94. The van der Waals surface area contributed by atoms with Gasteiger partial charge < -0.3 is 25.4 Å². The number of aliphatic hydroxyl groups is 1. The van der Waals surface area contributed by atoms with Crippen molar-refractivity contribution in [1.29, 1.82) is 0 Å². The molecular weight excluding hydrogens is 518 g/mol. The summed E-state index contributed by atoms with van der Waals surface area (Å²) in [7, 11) is 0. The molecule has 2 bridgehead atoms. The number of rotatable bonds is 9. The van der Waals surface area contributed by atoms with Crippen molar-refractivity contribution in [3.63, 3.8) is 0 Å². The lowest BCUT2D eigenvalue weighted by atomic mass is 9.66. The second-order valence-electron chi connectivity index (χ2n) is 11.6. The van der Waals surface area contributed by atoms with E-state index in [0.717, 1.165) is 5.56 Å². The predicted octanol–water partition coefficient (Wildman–Crippen LogP) is 3.77. The van der Waals surface area contributed by atoms with Crippen LogP contribution in [0.25, 0.3) is 0 Å². The molecule has 0 radical (unpaired) electrons. The van der Waals surface area contributed by atoms with Crippen LogP contribution in [0.2, 0.25) is 5.02 Å². The van der Waals surface area contributed by atoms with E-state index in [4.69, 9.17) is 16.3 Å². The monoisotopic (exact) mass is 553 g/mol. The number of amides is 3. The van der Waals surface area contributed by atoms with Gasteiger partial charge in [0.2, 0.25) is 17.7 Å². The van der Waals surface area contributed by atoms with Crippen LogP contribution in [0, 0.1) is 17.8 Å². The zero-order chi connectivity index (χ0) is 27.9. The molecule has 2 aromatic rings. The number of nitrogens with zero attached hydrogens (tertiary/aromatic N) is 1. The zero-order valence-electron chi connectivity index (χ0n) is 22.5. The number of hydrogen-bond donors (Lipinski definition) is 3. The summed E-state index contributed by atoms with van der Waals surface area (Å²) in [5, 5.41) is 16.9. The van der Waals surface area contributed by atoms with Crippen molar-refractivity contribution >= 4 is 35.0 Å². The van der Waals surface area contributed by atoms with Crippen molar-refractivity contribution in [2.75, 3.05) is 11.9 Å². The van der Waals surface area contributed by atoms with Gasteiger partial charge in [0, 0.05) is 17.3 Å². The molecule has 0 aliphatic carbocycles. The SMILES string of the molecule is CC(C)C[C@H](CO)N1C(=O)[C@@H]2[C@@H](C(=O)NCc3ccccc3)[C@@]3(C)CCC2(O3)C1C(=O)Nc1ccc(Cl)cc1. The van der Waals surface area contributed by atoms with E-state index >= 15 is 0 Å². The van der Waals surface area contributed by atoms with Gasteiger partial charge in [-0.05, 0) is 61.9 Å². The fraction of sp³-hybridized carbons (Fsp3) is 0.500. The molecule has 3 saturated heterocycles. The third-order valence-electron chi connectivity index (χ3n) is 8.51. The standard InChI is InChI=1S/C30H36ClN3O5/c1-18(2)15-22(17-35)34-25(27(37)33-21-11-9-20(31)10-12-21)30-14-13-29(3,39-30)23(24(30)28(34)38)26(36)32-16-19-7-5-4-6-8-19/h4-12,18,22-25,35H,13-17H2,1-3H3,(H,32,36)(H,33,37)/t22-,23+,24+,25?,29-,30?/m1/s1. The average Bonchev–Trinajstić information content (AvgIpc) is 3.48. The number of carbonyl (C=O) groups is 3. The lowest BCUT2D eigenvalue weighted by Crippen LogP contribution is -2.56. The van der Waals surface area contributed by atoms with Crippen LogP contribution >= 0.6 is 11.6 Å². The smallest absolute Gasteiger partial charge is 0.250 e. The Morgan fingerprint density at radius 3 is 2.44 bits per heavy atom. The Kier molecular flexibility index (Phi) is 7.48. The predicted molar refractivity (Wildman–Crippen MR) is 148 cm³/mol. The topological polar surface area (TPSA) is 108 Å². The number of carbonyl (C=O) groups excluding carboxylic acids is 3. The molecule has 3 N–H and O–H groups in total. The Morgan fingerprint density at radius 1 is 1.10 bits per heavy atom.